The van der Waals surface area contributed by atoms with Crippen molar-refractivity contribution in [1.82, 2.24) is 15.6 Å². The third-order valence-electron chi connectivity index (χ3n) is 3.57. The summed E-state index contributed by atoms with van der Waals surface area (Å²) >= 11 is 0. The van der Waals surface area contributed by atoms with Crippen LogP contribution in [0.5, 0.6) is 0 Å². The Morgan fingerprint density at radius 2 is 1.92 bits per heavy atom. The monoisotopic (exact) mass is 339 g/mol. The van der Waals surface area contributed by atoms with Gasteiger partial charge in [0.1, 0.15) is 5.82 Å². The fraction of sp³-hybridized carbons (Fsp3) is 0.316. The van der Waals surface area contributed by atoms with Crippen LogP contribution in [0.1, 0.15) is 23.2 Å². The summed E-state index contributed by atoms with van der Waals surface area (Å²) in [6.07, 6.45) is 0.334. The van der Waals surface area contributed by atoms with E-state index in [4.69, 9.17) is 0 Å². The standard InChI is InChI=1S/C19H25N5O/c1-14-6-4-8-16(12-14)13-22-19(20-3)21-11-10-18(25)24-17-9-5-7-15(2)23-17/h4-9,12H,10-11,13H2,1-3H3,(H2,20,21,22)(H,23,24,25). The second-order valence-electron chi connectivity index (χ2n) is 5.80. The lowest BCUT2D eigenvalue weighted by molar-refractivity contribution is -0.116. The van der Waals surface area contributed by atoms with Crippen molar-refractivity contribution >= 4 is 17.7 Å². The SMILES string of the molecule is CN=C(NCCC(=O)Nc1cccc(C)n1)NCc1cccc(C)c1. The number of carbonyl (C=O) groups is 1. The van der Waals surface area contributed by atoms with Crippen molar-refractivity contribution in [3.8, 4) is 0 Å². The summed E-state index contributed by atoms with van der Waals surface area (Å²) in [5.74, 6) is 1.16. The van der Waals surface area contributed by atoms with Gasteiger partial charge >= 0.3 is 0 Å². The summed E-state index contributed by atoms with van der Waals surface area (Å²) < 4.78 is 0. The van der Waals surface area contributed by atoms with Crippen molar-refractivity contribution < 1.29 is 4.79 Å². The van der Waals surface area contributed by atoms with Crippen LogP contribution in [0.3, 0.4) is 0 Å². The van der Waals surface area contributed by atoms with Crippen LogP contribution in [0.25, 0.3) is 0 Å². The maximum atomic E-state index is 12.0. The van der Waals surface area contributed by atoms with Gasteiger partial charge in [-0.25, -0.2) is 4.98 Å². The number of aliphatic imine (C=N–C) groups is 1. The first-order valence-corrected chi connectivity index (χ1v) is 8.30. The Kier molecular flexibility index (Phi) is 6.95. The predicted octanol–water partition coefficient (Wildman–Crippen LogP) is 2.39. The first kappa shape index (κ1) is 18.4. The zero-order chi connectivity index (χ0) is 18.1. The number of pyridine rings is 1. The molecule has 0 saturated carbocycles. The second kappa shape index (κ2) is 9.42. The van der Waals surface area contributed by atoms with Gasteiger partial charge in [0.25, 0.3) is 0 Å². The molecular formula is C19H25N5O. The van der Waals surface area contributed by atoms with Gasteiger partial charge in [-0.05, 0) is 31.5 Å². The molecule has 0 unspecified atom stereocenters. The quantitative estimate of drug-likeness (QED) is 0.558. The molecule has 0 aliphatic carbocycles. The molecule has 6 heteroatoms. The van der Waals surface area contributed by atoms with Crippen LogP contribution in [-0.4, -0.2) is 30.4 Å². The van der Waals surface area contributed by atoms with E-state index in [1.54, 1.807) is 13.1 Å². The molecular weight excluding hydrogens is 314 g/mol. The smallest absolute Gasteiger partial charge is 0.227 e. The normalized spacial score (nSPS) is 11.1. The number of benzene rings is 1. The Morgan fingerprint density at radius 1 is 1.12 bits per heavy atom. The van der Waals surface area contributed by atoms with Gasteiger partial charge in [-0.15, -0.1) is 0 Å². The molecule has 25 heavy (non-hydrogen) atoms. The zero-order valence-corrected chi connectivity index (χ0v) is 15.0. The molecule has 2 rings (SSSR count). The lowest BCUT2D eigenvalue weighted by Crippen LogP contribution is -2.38. The molecule has 0 bridgehead atoms. The van der Waals surface area contributed by atoms with E-state index in [2.05, 4.69) is 51.0 Å². The first-order chi connectivity index (χ1) is 12.1. The number of hydrogen-bond acceptors (Lipinski definition) is 3. The van der Waals surface area contributed by atoms with Gasteiger partial charge in [-0.3, -0.25) is 9.79 Å². The van der Waals surface area contributed by atoms with Crippen LogP contribution in [-0.2, 0) is 11.3 Å². The fourth-order valence-corrected chi connectivity index (χ4v) is 2.34. The Morgan fingerprint density at radius 3 is 2.64 bits per heavy atom. The molecule has 1 amide bonds. The number of guanidine groups is 1. The lowest BCUT2D eigenvalue weighted by Gasteiger charge is -2.12. The Bertz CT molecular complexity index is 742. The Hall–Kier alpha value is -2.89. The van der Waals surface area contributed by atoms with E-state index < -0.39 is 0 Å². The highest BCUT2D eigenvalue weighted by Crippen LogP contribution is 2.04. The predicted molar refractivity (Wildman–Crippen MR) is 102 cm³/mol. The average Bonchev–Trinajstić information content (AvgIpc) is 2.58. The number of nitrogens with one attached hydrogen (secondary N) is 3. The number of hydrogen-bond donors (Lipinski definition) is 3. The van der Waals surface area contributed by atoms with E-state index >= 15 is 0 Å². The van der Waals surface area contributed by atoms with Gasteiger partial charge in [0.2, 0.25) is 5.91 Å². The van der Waals surface area contributed by atoms with E-state index in [1.807, 2.05) is 25.1 Å². The number of nitrogens with zero attached hydrogens (tertiary/aromatic N) is 2. The molecule has 3 N–H and O–H groups in total. The minimum Gasteiger partial charge on any atom is -0.356 e. The molecule has 0 atom stereocenters. The maximum Gasteiger partial charge on any atom is 0.227 e. The molecule has 0 aliphatic heterocycles. The number of amides is 1. The zero-order valence-electron chi connectivity index (χ0n) is 15.0. The van der Waals surface area contributed by atoms with Crippen LogP contribution in [0.15, 0.2) is 47.5 Å². The molecule has 2 aromatic rings. The first-order valence-electron chi connectivity index (χ1n) is 8.30. The van der Waals surface area contributed by atoms with Gasteiger partial charge in [0, 0.05) is 32.3 Å². The molecule has 6 nitrogen and oxygen atoms in total. The topological polar surface area (TPSA) is 78.4 Å². The van der Waals surface area contributed by atoms with Crippen LogP contribution in [0, 0.1) is 13.8 Å². The van der Waals surface area contributed by atoms with Crippen molar-refractivity contribution in [2.75, 3.05) is 18.9 Å². The molecule has 132 valence electrons. The number of aromatic nitrogens is 1. The van der Waals surface area contributed by atoms with Crippen molar-refractivity contribution in [3.63, 3.8) is 0 Å². The van der Waals surface area contributed by atoms with E-state index in [1.165, 1.54) is 11.1 Å². The Balaban J connectivity index is 1.72. The van der Waals surface area contributed by atoms with Crippen LogP contribution in [0.4, 0.5) is 5.82 Å². The number of anilines is 1. The Labute approximate surface area is 148 Å². The summed E-state index contributed by atoms with van der Waals surface area (Å²) in [4.78, 5) is 20.4. The van der Waals surface area contributed by atoms with Crippen molar-refractivity contribution in [2.24, 2.45) is 4.99 Å². The molecule has 0 spiro atoms. The van der Waals surface area contributed by atoms with Crippen LogP contribution >= 0.6 is 0 Å². The molecule has 0 radical (unpaired) electrons. The van der Waals surface area contributed by atoms with Crippen molar-refractivity contribution in [3.05, 3.63) is 59.3 Å². The lowest BCUT2D eigenvalue weighted by atomic mass is 10.1. The minimum absolute atomic E-state index is 0.0836. The summed E-state index contributed by atoms with van der Waals surface area (Å²) in [5, 5.41) is 9.17. The van der Waals surface area contributed by atoms with Crippen LogP contribution < -0.4 is 16.0 Å². The summed E-state index contributed by atoms with van der Waals surface area (Å²) in [5.41, 5.74) is 3.28. The number of carbonyl (C=O) groups excluding carboxylic acids is 1. The average molecular weight is 339 g/mol. The number of aryl methyl sites for hydroxylation is 2. The largest absolute Gasteiger partial charge is 0.356 e. The molecule has 1 heterocycles. The van der Waals surface area contributed by atoms with Crippen LogP contribution in [0.2, 0.25) is 0 Å². The summed E-state index contributed by atoms with van der Waals surface area (Å²) in [6, 6.07) is 13.8. The third-order valence-corrected chi connectivity index (χ3v) is 3.57. The summed E-state index contributed by atoms with van der Waals surface area (Å²) in [7, 11) is 1.71. The second-order valence-corrected chi connectivity index (χ2v) is 5.80. The molecule has 0 aliphatic rings. The highest BCUT2D eigenvalue weighted by Gasteiger charge is 2.04. The highest BCUT2D eigenvalue weighted by atomic mass is 16.1. The van der Waals surface area contributed by atoms with Gasteiger partial charge in [0.15, 0.2) is 5.96 Å². The highest BCUT2D eigenvalue weighted by molar-refractivity contribution is 5.90. The third kappa shape index (κ3) is 6.63. The number of rotatable bonds is 6. The van der Waals surface area contributed by atoms with Gasteiger partial charge in [-0.2, -0.15) is 0 Å². The van der Waals surface area contributed by atoms with Crippen molar-refractivity contribution in [1.29, 1.82) is 0 Å². The van der Waals surface area contributed by atoms with Gasteiger partial charge in [-0.1, -0.05) is 35.9 Å². The van der Waals surface area contributed by atoms with E-state index in [0.717, 1.165) is 5.69 Å². The fourth-order valence-electron chi connectivity index (χ4n) is 2.34. The molecule has 0 fully saturated rings. The van der Waals surface area contributed by atoms with Crippen molar-refractivity contribution in [2.45, 2.75) is 26.8 Å². The summed E-state index contributed by atoms with van der Waals surface area (Å²) in [6.45, 7) is 5.13. The van der Waals surface area contributed by atoms with Gasteiger partial charge in [0.05, 0.1) is 0 Å². The van der Waals surface area contributed by atoms with E-state index in [-0.39, 0.29) is 5.91 Å². The molecule has 0 saturated heterocycles. The molecule has 1 aromatic heterocycles. The molecule has 1 aromatic carbocycles. The maximum absolute atomic E-state index is 12.0. The minimum atomic E-state index is -0.0836. The van der Waals surface area contributed by atoms with E-state index in [9.17, 15) is 4.79 Å². The van der Waals surface area contributed by atoms with Gasteiger partial charge < -0.3 is 16.0 Å². The van der Waals surface area contributed by atoms with E-state index in [0.29, 0.717) is 31.3 Å².